The molecule has 0 aliphatic carbocycles. The molecule has 7 nitrogen and oxygen atoms in total. The predicted octanol–water partition coefficient (Wildman–Crippen LogP) is 4.66. The molecule has 0 unspecified atom stereocenters. The fourth-order valence-electron chi connectivity index (χ4n) is 3.14. The molecule has 0 saturated heterocycles. The molecule has 0 atom stereocenters. The largest absolute Gasteiger partial charge is 0.468 e. The minimum atomic E-state index is -0.507. The van der Waals surface area contributed by atoms with E-state index in [1.165, 1.54) is 29.8 Å². The number of esters is 2. The quantitative estimate of drug-likeness (QED) is 0.381. The zero-order valence-electron chi connectivity index (χ0n) is 17.1. The van der Waals surface area contributed by atoms with Gasteiger partial charge in [0.1, 0.15) is 11.4 Å². The number of rotatable bonds is 5. The Morgan fingerprint density at radius 2 is 1.88 bits per heavy atom. The van der Waals surface area contributed by atoms with E-state index < -0.39 is 17.8 Å². The van der Waals surface area contributed by atoms with E-state index in [2.05, 4.69) is 4.99 Å². The molecule has 1 amide bonds. The second kappa shape index (κ2) is 9.23. The molecular weight excluding hydrogens is 472 g/mol. The number of thiazole rings is 1. The molecule has 2 aromatic heterocycles. The third-order valence-electron chi connectivity index (χ3n) is 4.64. The van der Waals surface area contributed by atoms with Gasteiger partial charge in [0.05, 0.1) is 34.5 Å². The Morgan fingerprint density at radius 1 is 1.09 bits per heavy atom. The van der Waals surface area contributed by atoms with Gasteiger partial charge in [0.15, 0.2) is 4.80 Å². The van der Waals surface area contributed by atoms with Crippen molar-refractivity contribution in [2.24, 2.45) is 4.99 Å². The molecule has 2 heterocycles. The van der Waals surface area contributed by atoms with Gasteiger partial charge in [-0.25, -0.2) is 4.79 Å². The number of aromatic nitrogens is 1. The third-order valence-corrected chi connectivity index (χ3v) is 7.34. The summed E-state index contributed by atoms with van der Waals surface area (Å²) >= 11 is 8.87. The topological polar surface area (TPSA) is 87.0 Å². The van der Waals surface area contributed by atoms with Crippen molar-refractivity contribution >= 4 is 72.4 Å². The van der Waals surface area contributed by atoms with Crippen molar-refractivity contribution in [3.05, 3.63) is 62.7 Å². The van der Waals surface area contributed by atoms with Crippen molar-refractivity contribution in [2.75, 3.05) is 13.7 Å². The first-order chi connectivity index (χ1) is 15.4. The smallest absolute Gasteiger partial charge is 0.338 e. The number of methoxy groups -OCH3 is 1. The van der Waals surface area contributed by atoms with E-state index in [-0.39, 0.29) is 13.2 Å². The number of amides is 1. The standard InChI is InChI=1S/C22H17ClN2O5S2/c1-3-30-21(28)12-8-9-14-16(10-12)32-22(25(14)11-17(26)29-2)24-20(27)19-18(23)13-6-4-5-7-15(13)31-19/h4-10H,3,11H2,1-2H3. The number of carbonyl (C=O) groups is 3. The summed E-state index contributed by atoms with van der Waals surface area (Å²) in [6.07, 6.45) is 0. The van der Waals surface area contributed by atoms with Crippen LogP contribution in [0.25, 0.3) is 20.3 Å². The number of ether oxygens (including phenoxy) is 2. The lowest BCUT2D eigenvalue weighted by molar-refractivity contribution is -0.141. The number of thiophene rings is 1. The van der Waals surface area contributed by atoms with E-state index in [4.69, 9.17) is 21.1 Å². The van der Waals surface area contributed by atoms with Gasteiger partial charge in [0.2, 0.25) is 0 Å². The van der Waals surface area contributed by atoms with Gasteiger partial charge in [-0.05, 0) is 31.2 Å². The van der Waals surface area contributed by atoms with Crippen LogP contribution < -0.4 is 4.80 Å². The molecule has 0 aliphatic heterocycles. The zero-order chi connectivity index (χ0) is 22.8. The fraction of sp³-hybridized carbons (Fsp3) is 0.182. The molecule has 4 aromatic rings. The lowest BCUT2D eigenvalue weighted by Gasteiger charge is -2.05. The lowest BCUT2D eigenvalue weighted by Crippen LogP contribution is -2.22. The summed E-state index contributed by atoms with van der Waals surface area (Å²) < 4.78 is 13.0. The SMILES string of the molecule is CCOC(=O)c1ccc2c(c1)sc(=NC(=O)c1sc3ccccc3c1Cl)n2CC(=O)OC. The highest BCUT2D eigenvalue weighted by atomic mass is 35.5. The van der Waals surface area contributed by atoms with E-state index in [0.717, 1.165) is 10.1 Å². The van der Waals surface area contributed by atoms with Gasteiger partial charge in [-0.3, -0.25) is 9.59 Å². The molecule has 0 radical (unpaired) electrons. The van der Waals surface area contributed by atoms with Gasteiger partial charge in [0, 0.05) is 10.1 Å². The number of benzene rings is 2. The van der Waals surface area contributed by atoms with Crippen LogP contribution in [0.4, 0.5) is 0 Å². The molecule has 4 rings (SSSR count). The van der Waals surface area contributed by atoms with Crippen LogP contribution in [-0.2, 0) is 20.8 Å². The molecule has 0 saturated carbocycles. The Balaban J connectivity index is 1.84. The van der Waals surface area contributed by atoms with E-state index in [1.54, 1.807) is 29.7 Å². The van der Waals surface area contributed by atoms with Gasteiger partial charge in [0.25, 0.3) is 5.91 Å². The number of hydrogen-bond donors (Lipinski definition) is 0. The van der Waals surface area contributed by atoms with E-state index in [9.17, 15) is 14.4 Å². The Morgan fingerprint density at radius 3 is 2.59 bits per heavy atom. The third kappa shape index (κ3) is 4.19. The molecule has 0 aliphatic rings. The molecule has 32 heavy (non-hydrogen) atoms. The Hall–Kier alpha value is -3.01. The number of carbonyl (C=O) groups excluding carboxylic acids is 3. The highest BCUT2D eigenvalue weighted by molar-refractivity contribution is 7.21. The maximum atomic E-state index is 13.0. The monoisotopic (exact) mass is 488 g/mol. The van der Waals surface area contributed by atoms with E-state index in [1.807, 2.05) is 24.3 Å². The minimum Gasteiger partial charge on any atom is -0.468 e. The molecule has 10 heteroatoms. The van der Waals surface area contributed by atoms with Crippen LogP contribution in [0.2, 0.25) is 5.02 Å². The zero-order valence-corrected chi connectivity index (χ0v) is 19.5. The molecule has 164 valence electrons. The van der Waals surface area contributed by atoms with Crippen molar-refractivity contribution in [3.63, 3.8) is 0 Å². The van der Waals surface area contributed by atoms with Crippen molar-refractivity contribution in [2.45, 2.75) is 13.5 Å². The molecule has 0 spiro atoms. The van der Waals surface area contributed by atoms with Gasteiger partial charge >= 0.3 is 11.9 Å². The maximum Gasteiger partial charge on any atom is 0.338 e. The van der Waals surface area contributed by atoms with E-state index in [0.29, 0.717) is 30.5 Å². The van der Waals surface area contributed by atoms with Crippen LogP contribution in [0.15, 0.2) is 47.5 Å². The van der Waals surface area contributed by atoms with Gasteiger partial charge in [-0.1, -0.05) is 41.1 Å². The van der Waals surface area contributed by atoms with Crippen LogP contribution in [0, 0.1) is 0 Å². The Kier molecular flexibility index (Phi) is 6.40. The number of halogens is 1. The lowest BCUT2D eigenvalue weighted by atomic mass is 10.2. The first kappa shape index (κ1) is 22.2. The van der Waals surface area contributed by atoms with Crippen LogP contribution in [0.1, 0.15) is 27.0 Å². The fourth-order valence-corrected chi connectivity index (χ4v) is 5.60. The first-order valence-electron chi connectivity index (χ1n) is 9.56. The maximum absolute atomic E-state index is 13.0. The summed E-state index contributed by atoms with van der Waals surface area (Å²) in [5, 5.41) is 1.14. The van der Waals surface area contributed by atoms with Crippen molar-refractivity contribution in [3.8, 4) is 0 Å². The van der Waals surface area contributed by atoms with Crippen molar-refractivity contribution in [1.29, 1.82) is 0 Å². The summed E-state index contributed by atoms with van der Waals surface area (Å²) in [7, 11) is 1.29. The second-order valence-corrected chi connectivity index (χ2v) is 9.05. The normalized spacial score (nSPS) is 11.8. The van der Waals surface area contributed by atoms with Gasteiger partial charge in [-0.2, -0.15) is 4.99 Å². The van der Waals surface area contributed by atoms with Gasteiger partial charge < -0.3 is 14.0 Å². The highest BCUT2D eigenvalue weighted by Gasteiger charge is 2.19. The van der Waals surface area contributed by atoms with Gasteiger partial charge in [-0.15, -0.1) is 11.3 Å². The number of hydrogen-bond acceptors (Lipinski definition) is 7. The molecule has 0 N–H and O–H groups in total. The van der Waals surface area contributed by atoms with Crippen LogP contribution >= 0.6 is 34.3 Å². The average Bonchev–Trinajstić information content (AvgIpc) is 3.31. The summed E-state index contributed by atoms with van der Waals surface area (Å²) in [6, 6.07) is 12.4. The van der Waals surface area contributed by atoms with Crippen molar-refractivity contribution < 1.29 is 23.9 Å². The predicted molar refractivity (Wildman–Crippen MR) is 125 cm³/mol. The van der Waals surface area contributed by atoms with Crippen LogP contribution in [0.3, 0.4) is 0 Å². The molecular formula is C22H17ClN2O5S2. The Bertz CT molecular complexity index is 1430. The van der Waals surface area contributed by atoms with Crippen molar-refractivity contribution in [1.82, 2.24) is 4.57 Å². The van der Waals surface area contributed by atoms with E-state index >= 15 is 0 Å². The number of nitrogens with zero attached hydrogens (tertiary/aromatic N) is 2. The summed E-state index contributed by atoms with van der Waals surface area (Å²) in [4.78, 5) is 42.0. The molecule has 0 bridgehead atoms. The second-order valence-electron chi connectivity index (χ2n) is 6.61. The summed E-state index contributed by atoms with van der Waals surface area (Å²) in [6.45, 7) is 1.85. The average molecular weight is 489 g/mol. The molecule has 2 aromatic carbocycles. The Labute approximate surface area is 195 Å². The van der Waals surface area contributed by atoms with Crippen LogP contribution in [-0.4, -0.2) is 36.1 Å². The molecule has 0 fully saturated rings. The summed E-state index contributed by atoms with van der Waals surface area (Å²) in [5.74, 6) is -1.45. The highest BCUT2D eigenvalue weighted by Crippen LogP contribution is 2.35. The first-order valence-corrected chi connectivity index (χ1v) is 11.6. The van der Waals surface area contributed by atoms with Crippen LogP contribution in [0.5, 0.6) is 0 Å². The minimum absolute atomic E-state index is 0.137. The summed E-state index contributed by atoms with van der Waals surface area (Å²) in [5.41, 5.74) is 1.01. The number of fused-ring (bicyclic) bond motifs is 2.